The Morgan fingerprint density at radius 3 is 2.56 bits per heavy atom. The van der Waals surface area contributed by atoms with E-state index in [0.717, 1.165) is 10.2 Å². The van der Waals surface area contributed by atoms with E-state index in [4.69, 9.17) is 10.5 Å². The first-order chi connectivity index (χ1) is 7.54. The number of benzene rings is 1. The van der Waals surface area contributed by atoms with Crippen LogP contribution in [-0.2, 0) is 0 Å². The number of hydrogen-bond acceptors (Lipinski definition) is 2. The molecule has 0 aliphatic heterocycles. The van der Waals surface area contributed by atoms with Gasteiger partial charge in [-0.2, -0.15) is 0 Å². The van der Waals surface area contributed by atoms with Crippen LogP contribution in [0.4, 0.5) is 0 Å². The molecule has 1 aromatic carbocycles. The summed E-state index contributed by atoms with van der Waals surface area (Å²) in [6.45, 7) is 7.77. The standard InChI is InChI=1S/C13H20BrNO/c1-9(2)12-6-11(14)4-5-13(12)16-8-10(3)7-15/h4-6,9-10H,7-8,15H2,1-3H3. The van der Waals surface area contributed by atoms with E-state index in [1.165, 1.54) is 5.56 Å². The fourth-order valence-electron chi connectivity index (χ4n) is 1.40. The van der Waals surface area contributed by atoms with Gasteiger partial charge in [0.1, 0.15) is 5.75 Å². The Morgan fingerprint density at radius 1 is 1.31 bits per heavy atom. The number of rotatable bonds is 5. The van der Waals surface area contributed by atoms with Crippen LogP contribution in [0.1, 0.15) is 32.3 Å². The zero-order valence-corrected chi connectivity index (χ0v) is 11.8. The molecule has 90 valence electrons. The van der Waals surface area contributed by atoms with Gasteiger partial charge >= 0.3 is 0 Å². The van der Waals surface area contributed by atoms with Crippen molar-refractivity contribution in [3.8, 4) is 5.75 Å². The lowest BCUT2D eigenvalue weighted by atomic mass is 10.0. The minimum Gasteiger partial charge on any atom is -0.493 e. The topological polar surface area (TPSA) is 35.2 Å². The second-order valence-corrected chi connectivity index (χ2v) is 5.40. The third kappa shape index (κ3) is 3.80. The van der Waals surface area contributed by atoms with Crippen molar-refractivity contribution in [3.63, 3.8) is 0 Å². The van der Waals surface area contributed by atoms with Crippen molar-refractivity contribution < 1.29 is 4.74 Å². The highest BCUT2D eigenvalue weighted by Gasteiger charge is 2.09. The van der Waals surface area contributed by atoms with E-state index in [1.54, 1.807) is 0 Å². The fourth-order valence-corrected chi connectivity index (χ4v) is 1.78. The molecule has 0 heterocycles. The average molecular weight is 286 g/mol. The molecule has 1 rings (SSSR count). The number of hydrogen-bond donors (Lipinski definition) is 1. The lowest BCUT2D eigenvalue weighted by Crippen LogP contribution is -2.18. The van der Waals surface area contributed by atoms with Gasteiger partial charge in [-0.1, -0.05) is 36.7 Å². The molecule has 16 heavy (non-hydrogen) atoms. The minimum absolute atomic E-state index is 0.392. The van der Waals surface area contributed by atoms with Gasteiger partial charge in [0.25, 0.3) is 0 Å². The second-order valence-electron chi connectivity index (χ2n) is 4.49. The highest BCUT2D eigenvalue weighted by Crippen LogP contribution is 2.29. The number of halogens is 1. The predicted octanol–water partition coefficient (Wildman–Crippen LogP) is 3.55. The average Bonchev–Trinajstić information content (AvgIpc) is 2.26. The molecular formula is C13H20BrNO. The summed E-state index contributed by atoms with van der Waals surface area (Å²) in [6, 6.07) is 6.14. The third-order valence-electron chi connectivity index (χ3n) is 2.52. The molecule has 2 N–H and O–H groups in total. The number of ether oxygens (including phenoxy) is 1. The van der Waals surface area contributed by atoms with E-state index >= 15 is 0 Å². The molecule has 1 atom stereocenters. The molecule has 0 fully saturated rings. The Hall–Kier alpha value is -0.540. The predicted molar refractivity (Wildman–Crippen MR) is 71.9 cm³/mol. The van der Waals surface area contributed by atoms with Crippen LogP contribution in [0.15, 0.2) is 22.7 Å². The van der Waals surface area contributed by atoms with Crippen LogP contribution >= 0.6 is 15.9 Å². The van der Waals surface area contributed by atoms with Crippen molar-refractivity contribution >= 4 is 15.9 Å². The zero-order chi connectivity index (χ0) is 12.1. The monoisotopic (exact) mass is 285 g/mol. The van der Waals surface area contributed by atoms with Gasteiger partial charge in [0, 0.05) is 10.4 Å². The van der Waals surface area contributed by atoms with Crippen LogP contribution in [0.3, 0.4) is 0 Å². The van der Waals surface area contributed by atoms with E-state index in [2.05, 4.69) is 42.8 Å². The summed E-state index contributed by atoms with van der Waals surface area (Å²) in [7, 11) is 0. The van der Waals surface area contributed by atoms with Gasteiger partial charge in [0.15, 0.2) is 0 Å². The van der Waals surface area contributed by atoms with Crippen LogP contribution in [0.5, 0.6) is 5.75 Å². The van der Waals surface area contributed by atoms with Gasteiger partial charge in [-0.3, -0.25) is 0 Å². The van der Waals surface area contributed by atoms with Gasteiger partial charge in [-0.05, 0) is 36.2 Å². The Morgan fingerprint density at radius 2 is 2.00 bits per heavy atom. The summed E-state index contributed by atoms with van der Waals surface area (Å²) in [6.07, 6.45) is 0. The van der Waals surface area contributed by atoms with Crippen LogP contribution in [0.2, 0.25) is 0 Å². The van der Waals surface area contributed by atoms with Gasteiger partial charge in [-0.25, -0.2) is 0 Å². The summed E-state index contributed by atoms with van der Waals surface area (Å²) in [5, 5.41) is 0. The molecule has 0 amide bonds. The van der Waals surface area contributed by atoms with Crippen molar-refractivity contribution in [2.75, 3.05) is 13.2 Å². The maximum atomic E-state index is 5.81. The molecule has 2 nitrogen and oxygen atoms in total. The molecule has 1 unspecified atom stereocenters. The molecule has 0 saturated carbocycles. The van der Waals surface area contributed by atoms with Gasteiger partial charge in [-0.15, -0.1) is 0 Å². The fraction of sp³-hybridized carbons (Fsp3) is 0.538. The van der Waals surface area contributed by atoms with E-state index < -0.39 is 0 Å². The molecule has 0 radical (unpaired) electrons. The SMILES string of the molecule is CC(CN)COc1ccc(Br)cc1C(C)C. The summed E-state index contributed by atoms with van der Waals surface area (Å²) in [4.78, 5) is 0. The van der Waals surface area contributed by atoms with E-state index in [1.807, 2.05) is 12.1 Å². The molecule has 3 heteroatoms. The van der Waals surface area contributed by atoms with Gasteiger partial charge in [0.2, 0.25) is 0 Å². The zero-order valence-electron chi connectivity index (χ0n) is 10.2. The molecule has 0 aromatic heterocycles. The van der Waals surface area contributed by atoms with Crippen LogP contribution in [-0.4, -0.2) is 13.2 Å². The second kappa shape index (κ2) is 6.26. The summed E-state index contributed by atoms with van der Waals surface area (Å²) in [5.74, 6) is 1.82. The first-order valence-corrected chi connectivity index (χ1v) is 6.46. The van der Waals surface area contributed by atoms with E-state index in [-0.39, 0.29) is 0 Å². The van der Waals surface area contributed by atoms with E-state index in [0.29, 0.717) is 25.0 Å². The van der Waals surface area contributed by atoms with E-state index in [9.17, 15) is 0 Å². The minimum atomic E-state index is 0.392. The van der Waals surface area contributed by atoms with Crippen molar-refractivity contribution in [1.29, 1.82) is 0 Å². The molecule has 0 spiro atoms. The first-order valence-electron chi connectivity index (χ1n) is 5.67. The molecule has 0 bridgehead atoms. The summed E-state index contributed by atoms with van der Waals surface area (Å²) in [5.41, 5.74) is 6.81. The third-order valence-corrected chi connectivity index (χ3v) is 3.01. The summed E-state index contributed by atoms with van der Waals surface area (Å²) >= 11 is 3.48. The largest absolute Gasteiger partial charge is 0.493 e. The Kier molecular flexibility index (Phi) is 5.29. The molecule has 0 aliphatic carbocycles. The molecule has 0 saturated heterocycles. The summed E-state index contributed by atoms with van der Waals surface area (Å²) < 4.78 is 6.90. The van der Waals surface area contributed by atoms with Crippen molar-refractivity contribution in [3.05, 3.63) is 28.2 Å². The maximum Gasteiger partial charge on any atom is 0.122 e. The lowest BCUT2D eigenvalue weighted by molar-refractivity contribution is 0.261. The van der Waals surface area contributed by atoms with Crippen molar-refractivity contribution in [1.82, 2.24) is 0 Å². The maximum absolute atomic E-state index is 5.81. The normalized spacial score (nSPS) is 12.9. The lowest BCUT2D eigenvalue weighted by Gasteiger charge is -2.16. The van der Waals surface area contributed by atoms with Crippen LogP contribution < -0.4 is 10.5 Å². The Bertz CT molecular complexity index is 339. The highest BCUT2D eigenvalue weighted by molar-refractivity contribution is 9.10. The molecule has 1 aromatic rings. The van der Waals surface area contributed by atoms with Crippen molar-refractivity contribution in [2.45, 2.75) is 26.7 Å². The number of nitrogens with two attached hydrogens (primary N) is 1. The van der Waals surface area contributed by atoms with Crippen molar-refractivity contribution in [2.24, 2.45) is 11.7 Å². The smallest absolute Gasteiger partial charge is 0.122 e. The van der Waals surface area contributed by atoms with Crippen LogP contribution in [0, 0.1) is 5.92 Å². The Labute approximate surface area is 106 Å². The quantitative estimate of drug-likeness (QED) is 0.898. The van der Waals surface area contributed by atoms with Gasteiger partial charge < -0.3 is 10.5 Å². The molecular weight excluding hydrogens is 266 g/mol. The van der Waals surface area contributed by atoms with Gasteiger partial charge in [0.05, 0.1) is 6.61 Å². The molecule has 0 aliphatic rings. The first kappa shape index (κ1) is 13.5. The highest BCUT2D eigenvalue weighted by atomic mass is 79.9. The van der Waals surface area contributed by atoms with Crippen LogP contribution in [0.25, 0.3) is 0 Å². The Balaban J connectivity index is 2.78.